The zero-order chi connectivity index (χ0) is 14.9. The van der Waals surface area contributed by atoms with Crippen molar-refractivity contribution in [3.8, 4) is 0 Å². The fraction of sp³-hybridized carbons (Fsp3) is 0.286. The van der Waals surface area contributed by atoms with Crippen LogP contribution in [0.1, 0.15) is 35.6 Å². The Morgan fingerprint density at radius 3 is 2.75 bits per heavy atom. The largest absolute Gasteiger partial charge is 0.287 e. The molecule has 3 nitrogen and oxygen atoms in total. The van der Waals surface area contributed by atoms with Crippen molar-refractivity contribution < 1.29 is 9.18 Å². The Morgan fingerprint density at radius 2 is 2.15 bits per heavy atom. The van der Waals surface area contributed by atoms with Crippen LogP contribution < -0.4 is 0 Å². The van der Waals surface area contributed by atoms with Crippen LogP contribution in [0.25, 0.3) is 0 Å². The third-order valence-electron chi connectivity index (χ3n) is 3.00. The monoisotopic (exact) mass is 358 g/mol. The van der Waals surface area contributed by atoms with Crippen molar-refractivity contribution in [1.29, 1.82) is 0 Å². The summed E-state index contributed by atoms with van der Waals surface area (Å²) in [6.07, 6.45) is 0.719. The zero-order valence-corrected chi connectivity index (χ0v) is 13.4. The van der Waals surface area contributed by atoms with Gasteiger partial charge in [0.15, 0.2) is 5.82 Å². The molecule has 0 aliphatic rings. The van der Waals surface area contributed by atoms with Crippen LogP contribution in [0.2, 0.25) is 5.02 Å². The van der Waals surface area contributed by atoms with E-state index in [0.29, 0.717) is 16.7 Å². The van der Waals surface area contributed by atoms with Gasteiger partial charge in [0.2, 0.25) is 5.78 Å². The molecule has 0 unspecified atom stereocenters. The van der Waals surface area contributed by atoms with Crippen molar-refractivity contribution in [1.82, 2.24) is 9.78 Å². The van der Waals surface area contributed by atoms with Crippen molar-refractivity contribution in [2.75, 3.05) is 0 Å². The number of hydrogen-bond acceptors (Lipinski definition) is 2. The highest BCUT2D eigenvalue weighted by Gasteiger charge is 2.21. The van der Waals surface area contributed by atoms with E-state index in [1.54, 1.807) is 16.8 Å². The van der Waals surface area contributed by atoms with Crippen LogP contribution in [0.3, 0.4) is 0 Å². The summed E-state index contributed by atoms with van der Waals surface area (Å²) in [5.41, 5.74) is 1.14. The Balaban J connectivity index is 2.51. The first-order chi connectivity index (χ1) is 9.49. The van der Waals surface area contributed by atoms with Crippen LogP contribution in [0.15, 0.2) is 22.7 Å². The van der Waals surface area contributed by atoms with E-state index in [1.165, 1.54) is 6.07 Å². The third kappa shape index (κ3) is 2.65. The van der Waals surface area contributed by atoms with Crippen LogP contribution in [-0.4, -0.2) is 15.6 Å². The number of nitrogens with zero attached hydrogens (tertiary/aromatic N) is 2. The van der Waals surface area contributed by atoms with Gasteiger partial charge in [-0.2, -0.15) is 5.10 Å². The van der Waals surface area contributed by atoms with Gasteiger partial charge >= 0.3 is 0 Å². The molecule has 1 heterocycles. The number of benzene rings is 1. The van der Waals surface area contributed by atoms with Gasteiger partial charge in [0, 0.05) is 11.0 Å². The third-order valence-corrected chi connectivity index (χ3v) is 4.26. The highest BCUT2D eigenvalue weighted by atomic mass is 79.9. The van der Waals surface area contributed by atoms with Crippen molar-refractivity contribution in [3.05, 3.63) is 50.5 Å². The lowest BCUT2D eigenvalue weighted by Gasteiger charge is -2.06. The minimum Gasteiger partial charge on any atom is -0.287 e. The van der Waals surface area contributed by atoms with E-state index in [1.807, 2.05) is 13.8 Å². The highest BCUT2D eigenvalue weighted by Crippen LogP contribution is 2.28. The van der Waals surface area contributed by atoms with E-state index < -0.39 is 11.6 Å². The number of halogens is 3. The number of rotatable bonds is 4. The molecule has 106 valence electrons. The highest BCUT2D eigenvalue weighted by molar-refractivity contribution is 9.10. The standard InChI is InChI=1S/C14H13BrClFN2O/c1-3-8-7-11(19(4-2)18-8)14(20)9-5-6-10(15)12(16)13(9)17/h5-7H,3-4H2,1-2H3. The summed E-state index contributed by atoms with van der Waals surface area (Å²) in [5, 5.41) is 4.21. The van der Waals surface area contributed by atoms with Gasteiger partial charge in [-0.25, -0.2) is 4.39 Å². The lowest BCUT2D eigenvalue weighted by Crippen LogP contribution is -2.12. The summed E-state index contributed by atoms with van der Waals surface area (Å²) in [5.74, 6) is -1.13. The molecular weight excluding hydrogens is 347 g/mol. The number of aryl methyl sites for hydroxylation is 2. The van der Waals surface area contributed by atoms with Crippen molar-refractivity contribution in [2.24, 2.45) is 0 Å². The molecule has 0 amide bonds. The number of carbonyl (C=O) groups excluding carboxylic acids is 1. The first-order valence-corrected chi connectivity index (χ1v) is 7.41. The maximum absolute atomic E-state index is 14.1. The molecule has 2 rings (SSSR count). The quantitative estimate of drug-likeness (QED) is 0.604. The van der Waals surface area contributed by atoms with Gasteiger partial charge in [0.25, 0.3) is 0 Å². The SMILES string of the molecule is CCc1cc(C(=O)c2ccc(Br)c(Cl)c2F)n(CC)n1. The Labute approximate surface area is 129 Å². The van der Waals surface area contributed by atoms with Crippen LogP contribution in [0.4, 0.5) is 4.39 Å². The molecule has 0 saturated carbocycles. The molecule has 0 aliphatic heterocycles. The average Bonchev–Trinajstić information content (AvgIpc) is 2.87. The number of aromatic nitrogens is 2. The molecule has 0 fully saturated rings. The fourth-order valence-electron chi connectivity index (χ4n) is 1.91. The maximum Gasteiger partial charge on any atom is 0.214 e. The second-order valence-electron chi connectivity index (χ2n) is 4.24. The van der Waals surface area contributed by atoms with Gasteiger partial charge in [-0.3, -0.25) is 9.48 Å². The van der Waals surface area contributed by atoms with Crippen LogP contribution >= 0.6 is 27.5 Å². The molecule has 0 radical (unpaired) electrons. The molecule has 0 atom stereocenters. The second-order valence-corrected chi connectivity index (χ2v) is 5.47. The van der Waals surface area contributed by atoms with E-state index in [4.69, 9.17) is 11.6 Å². The molecule has 20 heavy (non-hydrogen) atoms. The number of ketones is 1. The lowest BCUT2D eigenvalue weighted by molar-refractivity contribution is 0.102. The fourth-order valence-corrected chi connectivity index (χ4v) is 2.38. The molecule has 0 bridgehead atoms. The summed E-state index contributed by atoms with van der Waals surface area (Å²) >= 11 is 8.95. The minimum absolute atomic E-state index is 0.0459. The molecule has 1 aromatic carbocycles. The Bertz CT molecular complexity index is 669. The van der Waals surface area contributed by atoms with Gasteiger partial charge in [-0.05, 0) is 47.5 Å². The van der Waals surface area contributed by atoms with Crippen molar-refractivity contribution >= 4 is 33.3 Å². The topological polar surface area (TPSA) is 34.9 Å². The molecule has 0 saturated heterocycles. The second kappa shape index (κ2) is 6.06. The van der Waals surface area contributed by atoms with Gasteiger partial charge in [-0.15, -0.1) is 0 Å². The van der Waals surface area contributed by atoms with Gasteiger partial charge in [0.05, 0.1) is 16.3 Å². The molecular formula is C14H13BrClFN2O. The summed E-state index contributed by atoms with van der Waals surface area (Å²) in [6, 6.07) is 4.68. The van der Waals surface area contributed by atoms with E-state index in [0.717, 1.165) is 12.1 Å². The predicted octanol–water partition coefficient (Wildman–Crippen LogP) is 4.25. The average molecular weight is 360 g/mol. The summed E-state index contributed by atoms with van der Waals surface area (Å²) in [6.45, 7) is 4.38. The lowest BCUT2D eigenvalue weighted by atomic mass is 10.1. The molecule has 0 spiro atoms. The molecule has 2 aromatic rings. The number of carbonyl (C=O) groups is 1. The van der Waals surface area contributed by atoms with E-state index in [2.05, 4.69) is 21.0 Å². The Morgan fingerprint density at radius 1 is 1.45 bits per heavy atom. The smallest absolute Gasteiger partial charge is 0.214 e. The Kier molecular flexibility index (Phi) is 4.60. The van der Waals surface area contributed by atoms with Crippen LogP contribution in [-0.2, 0) is 13.0 Å². The van der Waals surface area contributed by atoms with Gasteiger partial charge < -0.3 is 0 Å². The van der Waals surface area contributed by atoms with Crippen LogP contribution in [0, 0.1) is 5.82 Å². The first-order valence-electron chi connectivity index (χ1n) is 6.24. The zero-order valence-electron chi connectivity index (χ0n) is 11.1. The molecule has 1 aromatic heterocycles. The first kappa shape index (κ1) is 15.2. The van der Waals surface area contributed by atoms with Gasteiger partial charge in [-0.1, -0.05) is 18.5 Å². The van der Waals surface area contributed by atoms with E-state index in [-0.39, 0.29) is 10.6 Å². The Hall–Kier alpha value is -1.20. The van der Waals surface area contributed by atoms with E-state index >= 15 is 0 Å². The van der Waals surface area contributed by atoms with Crippen molar-refractivity contribution in [2.45, 2.75) is 26.8 Å². The summed E-state index contributed by atoms with van der Waals surface area (Å²) in [4.78, 5) is 12.5. The normalized spacial score (nSPS) is 10.8. The van der Waals surface area contributed by atoms with Crippen molar-refractivity contribution in [3.63, 3.8) is 0 Å². The van der Waals surface area contributed by atoms with Gasteiger partial charge in [0.1, 0.15) is 5.69 Å². The maximum atomic E-state index is 14.1. The number of hydrogen-bond donors (Lipinski definition) is 0. The summed E-state index contributed by atoms with van der Waals surface area (Å²) in [7, 11) is 0. The summed E-state index contributed by atoms with van der Waals surface area (Å²) < 4.78 is 16.1. The predicted molar refractivity (Wildman–Crippen MR) is 79.8 cm³/mol. The van der Waals surface area contributed by atoms with Crippen LogP contribution in [0.5, 0.6) is 0 Å². The molecule has 6 heteroatoms. The van der Waals surface area contributed by atoms with E-state index in [9.17, 15) is 9.18 Å². The minimum atomic E-state index is -0.715. The molecule has 0 N–H and O–H groups in total. The molecule has 0 aliphatic carbocycles.